The molecule has 21 heavy (non-hydrogen) atoms. The predicted molar refractivity (Wildman–Crippen MR) is 94.5 cm³/mol. The Bertz CT molecular complexity index is 437. The molecule has 1 aromatic rings. The molecule has 2 nitrogen and oxygen atoms in total. The summed E-state index contributed by atoms with van der Waals surface area (Å²) < 4.78 is 1.16. The van der Waals surface area contributed by atoms with Gasteiger partial charge in [-0.25, -0.2) is 0 Å². The molecule has 1 aliphatic rings. The van der Waals surface area contributed by atoms with E-state index in [0.29, 0.717) is 17.5 Å². The van der Waals surface area contributed by atoms with Crippen LogP contribution in [0.3, 0.4) is 0 Å². The van der Waals surface area contributed by atoms with Gasteiger partial charge in [-0.3, -0.25) is 4.90 Å². The molecule has 0 spiro atoms. The van der Waals surface area contributed by atoms with Gasteiger partial charge in [0.25, 0.3) is 0 Å². The van der Waals surface area contributed by atoms with Gasteiger partial charge in [-0.05, 0) is 36.5 Å². The molecule has 1 saturated heterocycles. The summed E-state index contributed by atoms with van der Waals surface area (Å²) in [5.41, 5.74) is 1.72. The average molecular weight is 353 g/mol. The van der Waals surface area contributed by atoms with E-state index in [1.54, 1.807) is 0 Å². The minimum atomic E-state index is 0.304. The molecule has 0 amide bonds. The van der Waals surface area contributed by atoms with Gasteiger partial charge >= 0.3 is 0 Å². The third kappa shape index (κ3) is 3.88. The van der Waals surface area contributed by atoms with Crippen molar-refractivity contribution in [3.63, 3.8) is 0 Å². The molecule has 1 atom stereocenters. The Balaban J connectivity index is 2.18. The topological polar surface area (TPSA) is 15.3 Å². The maximum Gasteiger partial charge on any atom is 0.0333 e. The Kier molecular flexibility index (Phi) is 5.87. The van der Waals surface area contributed by atoms with Crippen LogP contribution in [-0.4, -0.2) is 29.6 Å². The number of rotatable bonds is 5. The van der Waals surface area contributed by atoms with Crippen LogP contribution in [0.15, 0.2) is 28.7 Å². The van der Waals surface area contributed by atoms with E-state index in [1.807, 2.05) is 0 Å². The van der Waals surface area contributed by atoms with E-state index in [2.05, 4.69) is 78.1 Å². The number of nitrogens with one attached hydrogen (secondary N) is 1. The van der Waals surface area contributed by atoms with Crippen molar-refractivity contribution in [3.05, 3.63) is 34.3 Å². The molecule has 1 aliphatic heterocycles. The fourth-order valence-corrected chi connectivity index (χ4v) is 3.63. The number of hydrogen-bond acceptors (Lipinski definition) is 2. The van der Waals surface area contributed by atoms with E-state index >= 15 is 0 Å². The summed E-state index contributed by atoms with van der Waals surface area (Å²) in [6.45, 7) is 12.6. The molecule has 2 rings (SSSR count). The number of nitrogens with zero attached hydrogens (tertiary/aromatic N) is 1. The lowest BCUT2D eigenvalue weighted by Gasteiger charge is -2.50. The molecule has 3 heteroatoms. The van der Waals surface area contributed by atoms with E-state index < -0.39 is 0 Å². The standard InChI is InChI=1S/C18H29BrN2/c1-5-18(6-2)13-20-17(14(3)4)12-21(18)11-15-7-9-16(19)10-8-15/h7-10,14,17,20H,5-6,11-13H2,1-4H3. The van der Waals surface area contributed by atoms with Gasteiger partial charge in [0.15, 0.2) is 0 Å². The fraction of sp³-hybridized carbons (Fsp3) is 0.667. The highest BCUT2D eigenvalue weighted by atomic mass is 79.9. The molecule has 1 heterocycles. The van der Waals surface area contributed by atoms with Crippen molar-refractivity contribution in [1.29, 1.82) is 0 Å². The van der Waals surface area contributed by atoms with E-state index in [9.17, 15) is 0 Å². The maximum atomic E-state index is 3.79. The summed E-state index contributed by atoms with van der Waals surface area (Å²) in [4.78, 5) is 2.72. The molecule has 1 N–H and O–H groups in total. The van der Waals surface area contributed by atoms with Gasteiger partial charge in [0.2, 0.25) is 0 Å². The van der Waals surface area contributed by atoms with Crippen LogP contribution in [0.1, 0.15) is 46.1 Å². The SMILES string of the molecule is CCC1(CC)CNC(C(C)C)CN1Cc1ccc(Br)cc1. The molecule has 118 valence electrons. The highest BCUT2D eigenvalue weighted by molar-refractivity contribution is 9.10. The van der Waals surface area contributed by atoms with E-state index in [1.165, 1.54) is 18.4 Å². The van der Waals surface area contributed by atoms with E-state index in [4.69, 9.17) is 0 Å². The number of piperazine rings is 1. The molecule has 0 aliphatic carbocycles. The van der Waals surface area contributed by atoms with Crippen molar-refractivity contribution < 1.29 is 0 Å². The van der Waals surface area contributed by atoms with Crippen molar-refractivity contribution in [1.82, 2.24) is 10.2 Å². The summed E-state index contributed by atoms with van der Waals surface area (Å²) >= 11 is 3.53. The van der Waals surface area contributed by atoms with Crippen molar-refractivity contribution in [3.8, 4) is 0 Å². The fourth-order valence-electron chi connectivity index (χ4n) is 3.36. The van der Waals surface area contributed by atoms with Gasteiger partial charge in [-0.1, -0.05) is 55.8 Å². The zero-order valence-corrected chi connectivity index (χ0v) is 15.4. The second-order valence-corrected chi connectivity index (χ2v) is 7.59. The normalized spacial score (nSPS) is 22.7. The molecule has 1 unspecified atom stereocenters. The highest BCUT2D eigenvalue weighted by Gasteiger charge is 2.39. The molecule has 0 saturated carbocycles. The second kappa shape index (κ2) is 7.26. The zero-order chi connectivity index (χ0) is 15.5. The monoisotopic (exact) mass is 352 g/mol. The lowest BCUT2D eigenvalue weighted by atomic mass is 9.85. The number of halogens is 1. The quantitative estimate of drug-likeness (QED) is 0.842. The van der Waals surface area contributed by atoms with Crippen LogP contribution in [0.2, 0.25) is 0 Å². The van der Waals surface area contributed by atoms with Gasteiger partial charge < -0.3 is 5.32 Å². The Morgan fingerprint density at radius 2 is 1.86 bits per heavy atom. The molecule has 0 radical (unpaired) electrons. The van der Waals surface area contributed by atoms with Crippen LogP contribution < -0.4 is 5.32 Å². The van der Waals surface area contributed by atoms with Crippen molar-refractivity contribution in [2.75, 3.05) is 13.1 Å². The van der Waals surface area contributed by atoms with Gasteiger partial charge in [0, 0.05) is 35.7 Å². The smallest absolute Gasteiger partial charge is 0.0333 e. The van der Waals surface area contributed by atoms with E-state index in [0.717, 1.165) is 24.1 Å². The summed E-state index contributed by atoms with van der Waals surface area (Å²) in [6, 6.07) is 9.39. The molecular weight excluding hydrogens is 324 g/mol. The maximum absolute atomic E-state index is 3.79. The molecule has 0 aromatic heterocycles. The molecule has 0 bridgehead atoms. The zero-order valence-electron chi connectivity index (χ0n) is 13.8. The van der Waals surface area contributed by atoms with Crippen LogP contribution >= 0.6 is 15.9 Å². The van der Waals surface area contributed by atoms with Crippen molar-refractivity contribution in [2.45, 2.75) is 58.7 Å². The Labute approximate surface area is 138 Å². The van der Waals surface area contributed by atoms with Gasteiger partial charge in [0.1, 0.15) is 0 Å². The number of benzene rings is 1. The summed E-state index contributed by atoms with van der Waals surface area (Å²) in [5.74, 6) is 0.684. The van der Waals surface area contributed by atoms with Gasteiger partial charge in [-0.2, -0.15) is 0 Å². The first-order valence-corrected chi connectivity index (χ1v) is 9.03. The first kappa shape index (κ1) is 17.0. The lowest BCUT2D eigenvalue weighted by Crippen LogP contribution is -2.64. The highest BCUT2D eigenvalue weighted by Crippen LogP contribution is 2.30. The molecule has 1 aromatic carbocycles. The molecule has 1 fully saturated rings. The van der Waals surface area contributed by atoms with Gasteiger partial charge in [0.05, 0.1) is 0 Å². The predicted octanol–water partition coefficient (Wildman–Crippen LogP) is 4.44. The van der Waals surface area contributed by atoms with Crippen LogP contribution in [0.25, 0.3) is 0 Å². The van der Waals surface area contributed by atoms with Gasteiger partial charge in [-0.15, -0.1) is 0 Å². The molecular formula is C18H29BrN2. The summed E-state index contributed by atoms with van der Waals surface area (Å²) in [7, 11) is 0. The van der Waals surface area contributed by atoms with Crippen LogP contribution in [0.4, 0.5) is 0 Å². The first-order valence-electron chi connectivity index (χ1n) is 8.23. The number of hydrogen-bond donors (Lipinski definition) is 1. The lowest BCUT2D eigenvalue weighted by molar-refractivity contribution is 0.0156. The Morgan fingerprint density at radius 3 is 2.38 bits per heavy atom. The van der Waals surface area contributed by atoms with Crippen LogP contribution in [0, 0.1) is 5.92 Å². The third-order valence-corrected chi connectivity index (χ3v) is 5.72. The van der Waals surface area contributed by atoms with Crippen molar-refractivity contribution in [2.24, 2.45) is 5.92 Å². The van der Waals surface area contributed by atoms with Crippen LogP contribution in [0.5, 0.6) is 0 Å². The van der Waals surface area contributed by atoms with Crippen molar-refractivity contribution >= 4 is 15.9 Å². The van der Waals surface area contributed by atoms with Crippen LogP contribution in [-0.2, 0) is 6.54 Å². The Morgan fingerprint density at radius 1 is 1.24 bits per heavy atom. The largest absolute Gasteiger partial charge is 0.311 e. The second-order valence-electron chi connectivity index (χ2n) is 6.67. The minimum Gasteiger partial charge on any atom is -0.311 e. The first-order chi connectivity index (χ1) is 10.0. The minimum absolute atomic E-state index is 0.304. The summed E-state index contributed by atoms with van der Waals surface area (Å²) in [5, 5.41) is 3.79. The van der Waals surface area contributed by atoms with E-state index in [-0.39, 0.29) is 0 Å². The average Bonchev–Trinajstić information content (AvgIpc) is 2.49. The third-order valence-electron chi connectivity index (χ3n) is 5.19. The summed E-state index contributed by atoms with van der Waals surface area (Å²) in [6.07, 6.45) is 2.41. The Hall–Kier alpha value is -0.380.